The van der Waals surface area contributed by atoms with E-state index in [1.54, 1.807) is 50.3 Å². The Morgan fingerprint density at radius 1 is 1.15 bits per heavy atom. The van der Waals surface area contributed by atoms with Crippen molar-refractivity contribution in [3.05, 3.63) is 34.7 Å². The zero-order chi connectivity index (χ0) is 23.8. The highest BCUT2D eigenvalue weighted by Gasteiger charge is 2.29. The molecule has 33 heavy (non-hydrogen) atoms. The summed E-state index contributed by atoms with van der Waals surface area (Å²) in [4.78, 5) is 12.6. The fourth-order valence-electron chi connectivity index (χ4n) is 3.47. The van der Waals surface area contributed by atoms with Crippen LogP contribution in [-0.2, 0) is 10.0 Å². The van der Waals surface area contributed by atoms with Crippen LogP contribution in [0.4, 0.5) is 23.1 Å². The highest BCUT2D eigenvalue weighted by molar-refractivity contribution is 7.94. The van der Waals surface area contributed by atoms with Crippen molar-refractivity contribution in [2.45, 2.75) is 44.4 Å². The van der Waals surface area contributed by atoms with Crippen molar-refractivity contribution < 1.29 is 8.42 Å². The van der Waals surface area contributed by atoms with Gasteiger partial charge in [-0.2, -0.15) is 4.98 Å². The van der Waals surface area contributed by atoms with Gasteiger partial charge in [0, 0.05) is 11.7 Å². The lowest BCUT2D eigenvalue weighted by Gasteiger charge is -2.29. The molecule has 1 aromatic carbocycles. The SMILES string of the molecule is CN1CCC(Nc2nc(Nc3ccc(Cl)c(NS(=O)(=O)C(C)(C)C)c3)c3ccsc3n2)CC1. The molecule has 8 nitrogen and oxygen atoms in total. The number of likely N-dealkylation sites (tertiary alicyclic amines) is 1. The largest absolute Gasteiger partial charge is 0.351 e. The molecule has 3 heterocycles. The summed E-state index contributed by atoms with van der Waals surface area (Å²) >= 11 is 7.84. The van der Waals surface area contributed by atoms with Crippen molar-refractivity contribution in [1.82, 2.24) is 14.9 Å². The summed E-state index contributed by atoms with van der Waals surface area (Å²) in [7, 11) is -1.48. The molecule has 4 rings (SSSR count). The lowest BCUT2D eigenvalue weighted by molar-refractivity contribution is 0.263. The monoisotopic (exact) mass is 508 g/mol. The van der Waals surface area contributed by atoms with Crippen molar-refractivity contribution in [2.75, 3.05) is 35.5 Å². The molecule has 0 atom stereocenters. The first-order valence-corrected chi connectivity index (χ1v) is 13.6. The second kappa shape index (κ2) is 9.25. The van der Waals surface area contributed by atoms with Gasteiger partial charge in [0.2, 0.25) is 16.0 Å². The van der Waals surface area contributed by atoms with Crippen molar-refractivity contribution in [2.24, 2.45) is 0 Å². The topological polar surface area (TPSA) is 99.2 Å². The summed E-state index contributed by atoms with van der Waals surface area (Å²) in [5.41, 5.74) is 0.985. The van der Waals surface area contributed by atoms with Crippen LogP contribution < -0.4 is 15.4 Å². The maximum atomic E-state index is 12.6. The number of sulfonamides is 1. The van der Waals surface area contributed by atoms with Crippen LogP contribution in [-0.4, -0.2) is 54.2 Å². The van der Waals surface area contributed by atoms with Gasteiger partial charge in [-0.15, -0.1) is 11.3 Å². The van der Waals surface area contributed by atoms with Gasteiger partial charge in [0.25, 0.3) is 0 Å². The number of halogens is 1. The number of aromatic nitrogens is 2. The van der Waals surface area contributed by atoms with Gasteiger partial charge in [0.1, 0.15) is 10.6 Å². The van der Waals surface area contributed by atoms with Crippen LogP contribution in [0.5, 0.6) is 0 Å². The zero-order valence-electron chi connectivity index (χ0n) is 19.1. The molecule has 3 aromatic rings. The third-order valence-corrected chi connectivity index (χ3v) is 8.89. The highest BCUT2D eigenvalue weighted by Crippen LogP contribution is 2.33. The predicted octanol–water partition coefficient (Wildman–Crippen LogP) is 5.13. The van der Waals surface area contributed by atoms with E-state index in [0.29, 0.717) is 34.2 Å². The van der Waals surface area contributed by atoms with Gasteiger partial charge in [0.05, 0.1) is 20.8 Å². The number of hydrogen-bond acceptors (Lipinski definition) is 8. The molecule has 11 heteroatoms. The second-order valence-electron chi connectivity index (χ2n) is 9.29. The Bertz CT molecular complexity index is 1250. The molecule has 1 aliphatic rings. The molecule has 1 fully saturated rings. The van der Waals surface area contributed by atoms with Crippen LogP contribution in [0.2, 0.25) is 5.02 Å². The van der Waals surface area contributed by atoms with Crippen LogP contribution in [0.1, 0.15) is 33.6 Å². The van der Waals surface area contributed by atoms with Crippen molar-refractivity contribution >= 4 is 66.3 Å². The first-order valence-electron chi connectivity index (χ1n) is 10.8. The molecule has 1 saturated heterocycles. The molecule has 178 valence electrons. The lowest BCUT2D eigenvalue weighted by atomic mass is 10.1. The summed E-state index contributed by atoms with van der Waals surface area (Å²) in [5, 5.41) is 10.0. The molecule has 0 spiro atoms. The van der Waals surface area contributed by atoms with Crippen molar-refractivity contribution in [3.8, 4) is 0 Å². The van der Waals surface area contributed by atoms with Gasteiger partial charge in [0.15, 0.2) is 0 Å². The zero-order valence-corrected chi connectivity index (χ0v) is 21.5. The van der Waals surface area contributed by atoms with E-state index in [1.165, 1.54) is 0 Å². The summed E-state index contributed by atoms with van der Waals surface area (Å²) in [5.74, 6) is 1.24. The minimum atomic E-state index is -3.62. The molecule has 1 aliphatic heterocycles. The molecular formula is C22H29ClN6O2S2. The van der Waals surface area contributed by atoms with E-state index >= 15 is 0 Å². The molecule has 0 amide bonds. The number of anilines is 4. The Labute approximate surface area is 203 Å². The molecule has 0 saturated carbocycles. The van der Waals surface area contributed by atoms with E-state index in [-0.39, 0.29) is 0 Å². The lowest BCUT2D eigenvalue weighted by Crippen LogP contribution is -2.37. The number of fused-ring (bicyclic) bond motifs is 1. The number of benzene rings is 1. The second-order valence-corrected chi connectivity index (χ2v) is 13.0. The number of piperidine rings is 1. The quantitative estimate of drug-likeness (QED) is 0.424. The Morgan fingerprint density at radius 2 is 1.88 bits per heavy atom. The first-order chi connectivity index (χ1) is 15.5. The molecule has 3 N–H and O–H groups in total. The number of nitrogens with zero attached hydrogens (tertiary/aromatic N) is 3. The summed E-state index contributed by atoms with van der Waals surface area (Å²) in [6.45, 7) is 7.00. The third kappa shape index (κ3) is 5.51. The molecule has 0 bridgehead atoms. The van der Waals surface area contributed by atoms with Gasteiger partial charge in [-0.1, -0.05) is 11.6 Å². The minimum Gasteiger partial charge on any atom is -0.351 e. The maximum Gasteiger partial charge on any atom is 0.237 e. The number of hydrogen-bond donors (Lipinski definition) is 3. The minimum absolute atomic E-state index is 0.317. The highest BCUT2D eigenvalue weighted by atomic mass is 35.5. The van der Waals surface area contributed by atoms with Crippen molar-refractivity contribution in [1.29, 1.82) is 0 Å². The number of rotatable bonds is 6. The first kappa shape index (κ1) is 24.0. The van der Waals surface area contributed by atoms with E-state index in [4.69, 9.17) is 16.6 Å². The van der Waals surface area contributed by atoms with Crippen LogP contribution >= 0.6 is 22.9 Å². The van der Waals surface area contributed by atoms with E-state index in [0.717, 1.165) is 36.1 Å². The molecular weight excluding hydrogens is 480 g/mol. The fourth-order valence-corrected chi connectivity index (χ4v) is 5.22. The summed E-state index contributed by atoms with van der Waals surface area (Å²) < 4.78 is 26.9. The van der Waals surface area contributed by atoms with E-state index in [2.05, 4.69) is 32.3 Å². The maximum absolute atomic E-state index is 12.6. The normalized spacial score (nSPS) is 16.2. The Kier molecular flexibility index (Phi) is 6.73. The standard InChI is InChI=1S/C22H29ClN6O2S2/c1-22(2,3)33(30,31)28-18-13-15(5-6-17(18)23)24-19-16-9-12-32-20(16)27-21(26-19)25-14-7-10-29(4)11-8-14/h5-6,9,12-14,28H,7-8,10-11H2,1-4H3,(H2,24,25,26,27). The smallest absolute Gasteiger partial charge is 0.237 e. The molecule has 0 aliphatic carbocycles. The van der Waals surface area contributed by atoms with Gasteiger partial charge in [-0.25, -0.2) is 13.4 Å². The van der Waals surface area contributed by atoms with E-state index in [1.807, 2.05) is 11.4 Å². The molecule has 0 radical (unpaired) electrons. The molecule has 0 unspecified atom stereocenters. The Balaban J connectivity index is 1.60. The Morgan fingerprint density at radius 3 is 2.58 bits per heavy atom. The average molecular weight is 509 g/mol. The summed E-state index contributed by atoms with van der Waals surface area (Å²) in [6.07, 6.45) is 2.08. The van der Waals surface area contributed by atoms with Crippen LogP contribution in [0.25, 0.3) is 10.2 Å². The number of thiophene rings is 1. The predicted molar refractivity (Wildman–Crippen MR) is 139 cm³/mol. The van der Waals surface area contributed by atoms with Gasteiger partial charge in [-0.3, -0.25) is 4.72 Å². The Hall–Kier alpha value is -2.14. The van der Waals surface area contributed by atoms with E-state index in [9.17, 15) is 8.42 Å². The van der Waals surface area contributed by atoms with E-state index < -0.39 is 14.8 Å². The third-order valence-electron chi connectivity index (χ3n) is 5.66. The number of nitrogens with one attached hydrogen (secondary N) is 3. The van der Waals surface area contributed by atoms with Crippen LogP contribution in [0.3, 0.4) is 0 Å². The van der Waals surface area contributed by atoms with Gasteiger partial charge < -0.3 is 15.5 Å². The van der Waals surface area contributed by atoms with Crippen LogP contribution in [0, 0.1) is 0 Å². The van der Waals surface area contributed by atoms with Crippen LogP contribution in [0.15, 0.2) is 29.6 Å². The van der Waals surface area contributed by atoms with Gasteiger partial charge in [-0.05, 0) is 83.4 Å². The fraction of sp³-hybridized carbons (Fsp3) is 0.455. The van der Waals surface area contributed by atoms with Crippen molar-refractivity contribution in [3.63, 3.8) is 0 Å². The van der Waals surface area contributed by atoms with Gasteiger partial charge >= 0.3 is 0 Å². The average Bonchev–Trinajstić information content (AvgIpc) is 3.20. The molecule has 2 aromatic heterocycles. The summed E-state index contributed by atoms with van der Waals surface area (Å²) in [6, 6.07) is 7.44.